The number of rotatable bonds is 12. The fourth-order valence-electron chi connectivity index (χ4n) is 5.64. The highest BCUT2D eigenvalue weighted by molar-refractivity contribution is 7.85. The van der Waals surface area contributed by atoms with Crippen LogP contribution in [-0.4, -0.2) is 62.6 Å². The molecule has 2 N–H and O–H groups in total. The van der Waals surface area contributed by atoms with Gasteiger partial charge in [-0.3, -0.25) is 18.9 Å². The van der Waals surface area contributed by atoms with Crippen LogP contribution >= 0.6 is 0 Å². The number of carbonyl (C=O) groups excluding carboxylic acids is 2. The number of ether oxygens (including phenoxy) is 1. The molecule has 5 rings (SSSR count). The lowest BCUT2D eigenvalue weighted by atomic mass is 9.83. The molecule has 0 aromatic carbocycles. The quantitative estimate of drug-likeness (QED) is 0.197. The van der Waals surface area contributed by atoms with Crippen LogP contribution in [0.1, 0.15) is 101 Å². The third-order valence-corrected chi connectivity index (χ3v) is 8.98. The van der Waals surface area contributed by atoms with Gasteiger partial charge in [0.1, 0.15) is 17.7 Å². The number of hydrogen-bond acceptors (Lipinski definition) is 9. The van der Waals surface area contributed by atoms with Crippen molar-refractivity contribution in [3.8, 4) is 11.5 Å². The van der Waals surface area contributed by atoms with Crippen LogP contribution in [0.3, 0.4) is 0 Å². The molecule has 0 spiro atoms. The second-order valence-corrected chi connectivity index (χ2v) is 14.8. The van der Waals surface area contributed by atoms with Crippen molar-refractivity contribution >= 4 is 33.6 Å². The summed E-state index contributed by atoms with van der Waals surface area (Å²) in [5.74, 6) is 0.00184. The molecule has 2 aliphatic carbocycles. The van der Waals surface area contributed by atoms with E-state index in [1.165, 1.54) is 22.0 Å². The van der Waals surface area contributed by atoms with Crippen LogP contribution in [0, 0.1) is 11.8 Å². The first-order chi connectivity index (χ1) is 22.1. The first-order valence-electron chi connectivity index (χ1n) is 15.7. The molecule has 256 valence electrons. The predicted octanol–water partition coefficient (Wildman–Crippen LogP) is 6.67. The Bertz CT molecular complexity index is 1670. The molecule has 0 bridgehead atoms. The number of nitrogens with zero attached hydrogens (tertiary/aromatic N) is 5. The number of anilines is 2. The Morgan fingerprint density at radius 2 is 1.87 bits per heavy atom. The smallest absolute Gasteiger partial charge is 0.416 e. The summed E-state index contributed by atoms with van der Waals surface area (Å²) < 4.78 is 71.4. The number of carbonyl (C=O) groups is 2. The summed E-state index contributed by atoms with van der Waals surface area (Å²) in [7, 11) is -4.00. The molecule has 0 atom stereocenters. The van der Waals surface area contributed by atoms with Crippen molar-refractivity contribution in [3.63, 3.8) is 0 Å². The van der Waals surface area contributed by atoms with E-state index >= 15 is 0 Å². The molecule has 16 heteroatoms. The van der Waals surface area contributed by atoms with Crippen molar-refractivity contribution in [2.75, 3.05) is 22.5 Å². The second kappa shape index (κ2) is 14.1. The second-order valence-electron chi connectivity index (χ2n) is 13.2. The molecule has 0 unspecified atom stereocenters. The Kier molecular flexibility index (Phi) is 10.3. The molecule has 0 saturated heterocycles. The van der Waals surface area contributed by atoms with Crippen molar-refractivity contribution in [1.29, 1.82) is 0 Å². The summed E-state index contributed by atoms with van der Waals surface area (Å²) in [4.78, 5) is 36.2. The minimum Gasteiger partial charge on any atom is -0.444 e. The molecule has 2 aliphatic rings. The third-order valence-electron chi connectivity index (χ3n) is 8.18. The molecule has 3 aromatic heterocycles. The van der Waals surface area contributed by atoms with Gasteiger partial charge in [0.05, 0.1) is 17.5 Å². The van der Waals surface area contributed by atoms with Crippen molar-refractivity contribution in [2.45, 2.75) is 90.2 Å². The van der Waals surface area contributed by atoms with E-state index in [1.807, 2.05) is 0 Å². The summed E-state index contributed by atoms with van der Waals surface area (Å²) in [6, 6.07) is 3.07. The maximum absolute atomic E-state index is 13.9. The SMILES string of the molecule is CC(C)(C)OC(=O)N(CC1CC1)c1cc(-c2nc(C(=O)Nc3cn(C4CCC(CCCS(=O)(=O)O)CC4)nc3C(F)F)co2)ccn1. The van der Waals surface area contributed by atoms with Gasteiger partial charge in [0.25, 0.3) is 22.5 Å². The molecule has 0 radical (unpaired) electrons. The maximum atomic E-state index is 13.9. The number of oxazole rings is 1. The van der Waals surface area contributed by atoms with Gasteiger partial charge in [-0.25, -0.2) is 23.5 Å². The fourth-order valence-corrected chi connectivity index (χ4v) is 6.17. The lowest BCUT2D eigenvalue weighted by Gasteiger charge is -2.28. The van der Waals surface area contributed by atoms with E-state index in [-0.39, 0.29) is 35.0 Å². The van der Waals surface area contributed by atoms with Gasteiger partial charge >= 0.3 is 6.09 Å². The van der Waals surface area contributed by atoms with E-state index in [0.29, 0.717) is 49.5 Å². The third kappa shape index (κ3) is 9.56. The normalized spacial score (nSPS) is 18.7. The number of aromatic nitrogens is 4. The molecule has 47 heavy (non-hydrogen) atoms. The molecule has 2 fully saturated rings. The average molecular weight is 679 g/mol. The van der Waals surface area contributed by atoms with Gasteiger partial charge in [-0.2, -0.15) is 13.5 Å². The van der Waals surface area contributed by atoms with Crippen LogP contribution in [-0.2, 0) is 14.9 Å². The van der Waals surface area contributed by atoms with Gasteiger partial charge in [-0.15, -0.1) is 0 Å². The molecule has 2 saturated carbocycles. The average Bonchev–Trinajstić information content (AvgIpc) is 3.49. The molecule has 0 aliphatic heterocycles. The first-order valence-corrected chi connectivity index (χ1v) is 17.3. The Balaban J connectivity index is 1.25. The van der Waals surface area contributed by atoms with Crippen LogP contribution in [0.4, 0.5) is 25.1 Å². The number of pyridine rings is 1. The number of halogens is 2. The first kappa shape index (κ1) is 34.4. The highest BCUT2D eigenvalue weighted by atomic mass is 32.2. The number of hydrogen-bond donors (Lipinski definition) is 2. The lowest BCUT2D eigenvalue weighted by molar-refractivity contribution is 0.0577. The van der Waals surface area contributed by atoms with E-state index in [9.17, 15) is 26.8 Å². The Hall–Kier alpha value is -3.92. The molecular weight excluding hydrogens is 638 g/mol. The minimum atomic E-state index is -4.00. The Labute approximate surface area is 271 Å². The molecule has 3 heterocycles. The minimum absolute atomic E-state index is 0.0764. The largest absolute Gasteiger partial charge is 0.444 e. The summed E-state index contributed by atoms with van der Waals surface area (Å²) in [6.07, 6.45) is 6.40. The van der Waals surface area contributed by atoms with E-state index in [1.54, 1.807) is 32.9 Å². The number of alkyl halides is 2. The molecule has 13 nitrogen and oxygen atoms in total. The summed E-state index contributed by atoms with van der Waals surface area (Å²) in [6.45, 7) is 5.80. The number of amides is 2. The summed E-state index contributed by atoms with van der Waals surface area (Å²) in [5.41, 5.74) is -1.08. The molecule has 3 aromatic rings. The highest BCUT2D eigenvalue weighted by Crippen LogP contribution is 2.37. The van der Waals surface area contributed by atoms with Crippen molar-refractivity contribution in [2.24, 2.45) is 11.8 Å². The van der Waals surface area contributed by atoms with Crippen LogP contribution < -0.4 is 10.2 Å². The van der Waals surface area contributed by atoms with Gasteiger partial charge in [0.15, 0.2) is 11.4 Å². The van der Waals surface area contributed by atoms with Gasteiger partial charge in [-0.05, 0) is 96.1 Å². The van der Waals surface area contributed by atoms with E-state index in [2.05, 4.69) is 20.4 Å². The monoisotopic (exact) mass is 678 g/mol. The van der Waals surface area contributed by atoms with E-state index in [4.69, 9.17) is 13.7 Å². The van der Waals surface area contributed by atoms with Gasteiger partial charge in [0, 0.05) is 24.5 Å². The van der Waals surface area contributed by atoms with Crippen molar-refractivity contribution in [1.82, 2.24) is 19.7 Å². The molecule has 2 amide bonds. The van der Waals surface area contributed by atoms with Crippen LogP contribution in [0.15, 0.2) is 35.2 Å². The zero-order valence-electron chi connectivity index (χ0n) is 26.6. The molecular formula is C31H40F2N6O7S. The summed E-state index contributed by atoms with van der Waals surface area (Å²) >= 11 is 0. The fraction of sp³-hybridized carbons (Fsp3) is 0.581. The zero-order valence-corrected chi connectivity index (χ0v) is 27.4. The van der Waals surface area contributed by atoms with Crippen LogP contribution in [0.25, 0.3) is 11.5 Å². The predicted molar refractivity (Wildman–Crippen MR) is 168 cm³/mol. The van der Waals surface area contributed by atoms with Crippen molar-refractivity contribution in [3.05, 3.63) is 42.2 Å². The van der Waals surface area contributed by atoms with Gasteiger partial charge < -0.3 is 14.5 Å². The van der Waals surface area contributed by atoms with Crippen LogP contribution in [0.5, 0.6) is 0 Å². The topological polar surface area (TPSA) is 170 Å². The van der Waals surface area contributed by atoms with Gasteiger partial charge in [-0.1, -0.05) is 0 Å². The zero-order chi connectivity index (χ0) is 33.9. The highest BCUT2D eigenvalue weighted by Gasteiger charge is 2.32. The van der Waals surface area contributed by atoms with Crippen LogP contribution in [0.2, 0.25) is 0 Å². The number of nitrogens with one attached hydrogen (secondary N) is 1. The van der Waals surface area contributed by atoms with Crippen molar-refractivity contribution < 1.29 is 40.5 Å². The van der Waals surface area contributed by atoms with E-state index in [0.717, 1.165) is 31.9 Å². The Morgan fingerprint density at radius 1 is 1.17 bits per heavy atom. The summed E-state index contributed by atoms with van der Waals surface area (Å²) in [5, 5.41) is 6.58. The Morgan fingerprint density at radius 3 is 2.51 bits per heavy atom. The maximum Gasteiger partial charge on any atom is 0.416 e. The standard InChI is InChI=1S/C31H40F2N6O7S/c1-31(2,3)46-30(41)38(16-20-6-7-20)25-15-21(12-13-34-25)29-36-24(18-45-29)28(40)35-23-17-39(37-26(23)27(32)33)22-10-8-19(9-11-22)5-4-14-47(42,43)44/h12-13,15,17-20,22,27H,4-11,14,16H2,1-3H3,(H,35,40)(H,42,43,44). The van der Waals surface area contributed by atoms with E-state index < -0.39 is 39.8 Å². The lowest BCUT2D eigenvalue weighted by Crippen LogP contribution is -2.38. The van der Waals surface area contributed by atoms with Gasteiger partial charge in [0.2, 0.25) is 5.89 Å².